The number of para-hydroxylation sites is 2. The number of rotatable bonds is 5. The van der Waals surface area contributed by atoms with Crippen LogP contribution in [0.1, 0.15) is 78.2 Å². The van der Waals surface area contributed by atoms with E-state index in [1.807, 2.05) is 42.5 Å². The summed E-state index contributed by atoms with van der Waals surface area (Å²) in [7, 11) is 1.62. The topological polar surface area (TPSA) is 94.7 Å². The lowest BCUT2D eigenvalue weighted by molar-refractivity contribution is -0.120. The van der Waals surface area contributed by atoms with Gasteiger partial charge in [-0.05, 0) is 54.3 Å². The van der Waals surface area contributed by atoms with Gasteiger partial charge in [0.15, 0.2) is 0 Å². The lowest BCUT2D eigenvalue weighted by Crippen LogP contribution is -2.44. The van der Waals surface area contributed by atoms with Crippen LogP contribution in [0.15, 0.2) is 72.8 Å². The highest BCUT2D eigenvalue weighted by Crippen LogP contribution is 2.45. The molecular weight excluding hydrogens is 540 g/mol. The summed E-state index contributed by atoms with van der Waals surface area (Å²) in [6.45, 7) is 0. The normalized spacial score (nSPS) is 20.9. The van der Waals surface area contributed by atoms with Crippen LogP contribution in [-0.4, -0.2) is 46.9 Å². The summed E-state index contributed by atoms with van der Waals surface area (Å²) < 4.78 is 5.39. The monoisotopic (exact) mass is 576 g/mol. The van der Waals surface area contributed by atoms with E-state index in [1.165, 1.54) is 24.2 Å². The Labute approximate surface area is 251 Å². The molecule has 220 valence electrons. The van der Waals surface area contributed by atoms with E-state index in [0.717, 1.165) is 53.4 Å². The van der Waals surface area contributed by atoms with Crippen molar-refractivity contribution in [1.82, 2.24) is 15.2 Å². The van der Waals surface area contributed by atoms with Crippen LogP contribution in [0.5, 0.6) is 5.75 Å². The SMILES string of the molecule is COc1ccc([C@H]2c3[nH]c4ccccc4c3C[C@H]3C(=O)N(c4ccccc4C(=O)NC4CCCCCCC4)C(=O)N23)cc1. The molecule has 2 N–H and O–H groups in total. The second kappa shape index (κ2) is 11.2. The van der Waals surface area contributed by atoms with Crippen LogP contribution in [0.4, 0.5) is 10.5 Å². The quantitative estimate of drug-likeness (QED) is 0.265. The summed E-state index contributed by atoms with van der Waals surface area (Å²) in [5.41, 5.74) is 4.46. The second-order valence-corrected chi connectivity index (χ2v) is 11.9. The first-order valence-electron chi connectivity index (χ1n) is 15.3. The fourth-order valence-electron chi connectivity index (χ4n) is 7.15. The minimum absolute atomic E-state index is 0.0925. The van der Waals surface area contributed by atoms with Crippen molar-refractivity contribution in [1.29, 1.82) is 0 Å². The van der Waals surface area contributed by atoms with Crippen LogP contribution >= 0.6 is 0 Å². The molecule has 0 unspecified atom stereocenters. The standard InChI is InChI=1S/C35H36N4O4/c1-43-24-19-17-22(18-20-24)32-31-27(25-13-7-9-15-28(25)37-31)21-30-34(41)39(35(42)38(30)32)29-16-10-8-14-26(29)33(40)36-23-11-5-3-2-4-6-12-23/h7-10,13-20,23,30,32,37H,2-6,11-12,21H2,1H3,(H,36,40)/t30-,32-/m0/s1. The number of imide groups is 1. The molecule has 0 bridgehead atoms. The van der Waals surface area contributed by atoms with E-state index in [1.54, 1.807) is 36.3 Å². The number of nitrogens with one attached hydrogen (secondary N) is 2. The van der Waals surface area contributed by atoms with Gasteiger partial charge in [-0.15, -0.1) is 0 Å². The zero-order chi connectivity index (χ0) is 29.5. The largest absolute Gasteiger partial charge is 0.497 e. The van der Waals surface area contributed by atoms with Gasteiger partial charge < -0.3 is 15.0 Å². The molecular formula is C35H36N4O4. The number of H-pyrrole nitrogens is 1. The Morgan fingerprint density at radius 3 is 2.35 bits per heavy atom. The molecule has 43 heavy (non-hydrogen) atoms. The third-order valence-electron chi connectivity index (χ3n) is 9.31. The van der Waals surface area contributed by atoms with Crippen molar-refractivity contribution in [3.8, 4) is 5.75 Å². The molecule has 1 saturated heterocycles. The lowest BCUT2D eigenvalue weighted by atomic mass is 9.89. The molecule has 0 spiro atoms. The van der Waals surface area contributed by atoms with Crippen LogP contribution in [0, 0.1) is 0 Å². The van der Waals surface area contributed by atoms with Gasteiger partial charge in [-0.3, -0.25) is 14.5 Å². The fourth-order valence-corrected chi connectivity index (χ4v) is 7.15. The number of nitrogens with zero attached hydrogens (tertiary/aromatic N) is 2. The lowest BCUT2D eigenvalue weighted by Gasteiger charge is -2.36. The van der Waals surface area contributed by atoms with Gasteiger partial charge in [0.25, 0.3) is 11.8 Å². The van der Waals surface area contributed by atoms with Gasteiger partial charge in [-0.25, -0.2) is 9.69 Å². The Kier molecular flexibility index (Phi) is 7.13. The summed E-state index contributed by atoms with van der Waals surface area (Å²) in [6.07, 6.45) is 8.08. The van der Waals surface area contributed by atoms with E-state index in [4.69, 9.17) is 4.74 Å². The molecule has 1 saturated carbocycles. The summed E-state index contributed by atoms with van der Waals surface area (Å²) in [5.74, 6) is 0.155. The Balaban J connectivity index is 1.27. The maximum absolute atomic E-state index is 14.4. The van der Waals surface area contributed by atoms with E-state index < -0.39 is 18.1 Å². The number of fused-ring (bicyclic) bond motifs is 4. The third-order valence-corrected chi connectivity index (χ3v) is 9.31. The molecule has 2 aliphatic heterocycles. The molecule has 4 aromatic rings. The molecule has 7 rings (SSSR count). The molecule has 8 heteroatoms. The molecule has 2 atom stereocenters. The van der Waals surface area contributed by atoms with Crippen molar-refractivity contribution < 1.29 is 19.1 Å². The molecule has 3 aromatic carbocycles. The summed E-state index contributed by atoms with van der Waals surface area (Å²) in [5, 5.41) is 4.27. The van der Waals surface area contributed by atoms with E-state index in [0.29, 0.717) is 23.4 Å². The number of ether oxygens (including phenoxy) is 1. The molecule has 2 fully saturated rings. The van der Waals surface area contributed by atoms with Crippen molar-refractivity contribution in [3.63, 3.8) is 0 Å². The number of amides is 4. The Bertz CT molecular complexity index is 1690. The number of carbonyl (C=O) groups is 3. The van der Waals surface area contributed by atoms with Gasteiger partial charge >= 0.3 is 6.03 Å². The highest BCUT2D eigenvalue weighted by molar-refractivity contribution is 6.24. The van der Waals surface area contributed by atoms with Crippen molar-refractivity contribution in [2.24, 2.45) is 0 Å². The number of carbonyl (C=O) groups excluding carboxylic acids is 3. The molecule has 0 radical (unpaired) electrons. The number of anilines is 1. The third kappa shape index (κ3) is 4.75. The molecule has 4 amide bonds. The highest BCUT2D eigenvalue weighted by Gasteiger charge is 2.53. The Morgan fingerprint density at radius 2 is 1.58 bits per heavy atom. The van der Waals surface area contributed by atoms with Crippen LogP contribution in [0.2, 0.25) is 0 Å². The zero-order valence-corrected chi connectivity index (χ0v) is 24.3. The van der Waals surface area contributed by atoms with Gasteiger partial charge in [0.05, 0.1) is 18.4 Å². The molecule has 8 nitrogen and oxygen atoms in total. The van der Waals surface area contributed by atoms with Crippen LogP contribution in [-0.2, 0) is 11.2 Å². The zero-order valence-electron chi connectivity index (χ0n) is 24.3. The number of urea groups is 1. The van der Waals surface area contributed by atoms with Gasteiger partial charge in [0.2, 0.25) is 0 Å². The Hall–Kier alpha value is -4.59. The first-order chi connectivity index (χ1) is 21.0. The number of methoxy groups -OCH3 is 1. The number of benzene rings is 3. The van der Waals surface area contributed by atoms with Crippen LogP contribution < -0.4 is 15.0 Å². The van der Waals surface area contributed by atoms with E-state index in [2.05, 4.69) is 16.4 Å². The maximum Gasteiger partial charge on any atom is 0.332 e. The molecule has 1 aromatic heterocycles. The maximum atomic E-state index is 14.4. The van der Waals surface area contributed by atoms with Crippen molar-refractivity contribution in [2.75, 3.05) is 12.0 Å². The molecule has 3 heterocycles. The van der Waals surface area contributed by atoms with Crippen LogP contribution in [0.3, 0.4) is 0 Å². The summed E-state index contributed by atoms with van der Waals surface area (Å²) in [4.78, 5) is 48.8. The molecule has 3 aliphatic rings. The number of aromatic amines is 1. The van der Waals surface area contributed by atoms with Crippen molar-refractivity contribution >= 4 is 34.4 Å². The fraction of sp³-hybridized carbons (Fsp3) is 0.343. The Morgan fingerprint density at radius 1 is 0.884 bits per heavy atom. The van der Waals surface area contributed by atoms with E-state index in [-0.39, 0.29) is 17.9 Å². The predicted octanol–water partition coefficient (Wildman–Crippen LogP) is 6.50. The first kappa shape index (κ1) is 27.3. The van der Waals surface area contributed by atoms with Gasteiger partial charge in [-0.1, -0.05) is 74.6 Å². The minimum atomic E-state index is -0.701. The average molecular weight is 577 g/mol. The second-order valence-electron chi connectivity index (χ2n) is 11.9. The number of hydrogen-bond acceptors (Lipinski definition) is 4. The predicted molar refractivity (Wildman–Crippen MR) is 165 cm³/mol. The van der Waals surface area contributed by atoms with Gasteiger partial charge in [0.1, 0.15) is 17.8 Å². The van der Waals surface area contributed by atoms with Gasteiger partial charge in [-0.2, -0.15) is 0 Å². The average Bonchev–Trinajstić information content (AvgIpc) is 3.51. The number of hydrogen-bond donors (Lipinski definition) is 2. The summed E-state index contributed by atoms with van der Waals surface area (Å²) in [6, 6.07) is 21.1. The van der Waals surface area contributed by atoms with Crippen molar-refractivity contribution in [3.05, 3.63) is 95.2 Å². The van der Waals surface area contributed by atoms with E-state index >= 15 is 0 Å². The minimum Gasteiger partial charge on any atom is -0.497 e. The van der Waals surface area contributed by atoms with E-state index in [9.17, 15) is 14.4 Å². The highest BCUT2D eigenvalue weighted by atomic mass is 16.5. The molecule has 1 aliphatic carbocycles. The summed E-state index contributed by atoms with van der Waals surface area (Å²) >= 11 is 0. The van der Waals surface area contributed by atoms with Crippen LogP contribution in [0.25, 0.3) is 10.9 Å². The first-order valence-corrected chi connectivity index (χ1v) is 15.3. The smallest absolute Gasteiger partial charge is 0.332 e. The van der Waals surface area contributed by atoms with Gasteiger partial charge in [0, 0.05) is 29.1 Å². The van der Waals surface area contributed by atoms with Crippen molar-refractivity contribution in [2.45, 2.75) is 69.5 Å². The number of aromatic nitrogens is 1.